The summed E-state index contributed by atoms with van der Waals surface area (Å²) in [4.78, 5) is 19.1. The van der Waals surface area contributed by atoms with Crippen LogP contribution in [0, 0.1) is 11.8 Å². The predicted octanol–water partition coefficient (Wildman–Crippen LogP) is 3.70. The minimum atomic E-state index is -1.26. The van der Waals surface area contributed by atoms with Crippen molar-refractivity contribution in [2.75, 3.05) is 7.05 Å². The molecule has 2 saturated carbocycles. The molecular weight excluding hydrogens is 366 g/mol. The molecule has 2 aliphatic carbocycles. The Balaban J connectivity index is 0.000000258. The summed E-state index contributed by atoms with van der Waals surface area (Å²) in [5.74, 6) is -0.863. The molecule has 0 spiro atoms. The summed E-state index contributed by atoms with van der Waals surface area (Å²) < 4.78 is 0. The monoisotopic (exact) mass is 393 g/mol. The van der Waals surface area contributed by atoms with Crippen LogP contribution in [0.4, 0.5) is 0 Å². The molecule has 2 aromatic rings. The Bertz CT molecular complexity index is 807. The van der Waals surface area contributed by atoms with Gasteiger partial charge >= 0.3 is 11.9 Å². The van der Waals surface area contributed by atoms with Crippen LogP contribution in [-0.2, 0) is 15.0 Å². The van der Waals surface area contributed by atoms with Gasteiger partial charge in [0.2, 0.25) is 0 Å². The average Bonchev–Trinajstić information content (AvgIpc) is 3.55. The average molecular weight is 393 g/mol. The van der Waals surface area contributed by atoms with Gasteiger partial charge in [0.1, 0.15) is 0 Å². The van der Waals surface area contributed by atoms with Crippen LogP contribution in [0.25, 0.3) is 0 Å². The Labute approximate surface area is 171 Å². The summed E-state index contributed by atoms with van der Waals surface area (Å²) in [7, 11) is 2.12. The van der Waals surface area contributed by atoms with Crippen LogP contribution >= 0.6 is 0 Å². The zero-order valence-corrected chi connectivity index (χ0v) is 16.5. The van der Waals surface area contributed by atoms with Gasteiger partial charge in [-0.2, -0.15) is 0 Å². The fourth-order valence-electron chi connectivity index (χ4n) is 4.86. The lowest BCUT2D eigenvalue weighted by atomic mass is 9.64. The molecule has 0 aromatic heterocycles. The molecule has 3 N–H and O–H groups in total. The highest BCUT2D eigenvalue weighted by atomic mass is 16.4. The first-order chi connectivity index (χ1) is 14.0. The van der Waals surface area contributed by atoms with Gasteiger partial charge in [-0.1, -0.05) is 60.7 Å². The fourth-order valence-corrected chi connectivity index (χ4v) is 4.86. The van der Waals surface area contributed by atoms with Gasteiger partial charge < -0.3 is 15.5 Å². The molecule has 4 rings (SSSR count). The van der Waals surface area contributed by atoms with Crippen molar-refractivity contribution in [1.29, 1.82) is 0 Å². The highest BCUT2D eigenvalue weighted by molar-refractivity contribution is 5.89. The number of carbonyl (C=O) groups is 2. The lowest BCUT2D eigenvalue weighted by Crippen LogP contribution is -2.41. The zero-order valence-electron chi connectivity index (χ0n) is 16.5. The zero-order chi connectivity index (χ0) is 20.9. The van der Waals surface area contributed by atoms with Crippen LogP contribution in [0.2, 0.25) is 0 Å². The number of fused-ring (bicyclic) bond motifs is 1. The predicted molar refractivity (Wildman–Crippen MR) is 112 cm³/mol. The van der Waals surface area contributed by atoms with Crippen molar-refractivity contribution in [2.45, 2.75) is 30.7 Å². The van der Waals surface area contributed by atoms with Gasteiger partial charge in [0.25, 0.3) is 0 Å². The van der Waals surface area contributed by atoms with Crippen LogP contribution in [0.5, 0.6) is 0 Å². The first kappa shape index (κ1) is 20.8. The van der Waals surface area contributed by atoms with Gasteiger partial charge in [-0.05, 0) is 49.3 Å². The van der Waals surface area contributed by atoms with Crippen LogP contribution < -0.4 is 5.32 Å². The lowest BCUT2D eigenvalue weighted by Gasteiger charge is -2.41. The lowest BCUT2D eigenvalue weighted by molar-refractivity contribution is -0.134. The molecule has 3 atom stereocenters. The second-order valence-corrected chi connectivity index (χ2v) is 7.65. The number of carboxylic acids is 2. The smallest absolute Gasteiger partial charge is 0.328 e. The number of hydrogen-bond acceptors (Lipinski definition) is 3. The highest BCUT2D eigenvalue weighted by Gasteiger charge is 2.59. The van der Waals surface area contributed by atoms with E-state index in [1.54, 1.807) is 0 Å². The quantitative estimate of drug-likeness (QED) is 0.674. The molecule has 0 aliphatic heterocycles. The third-order valence-electron chi connectivity index (χ3n) is 6.16. The number of nitrogens with one attached hydrogen (secondary N) is 1. The number of hydrogen-bond donors (Lipinski definition) is 3. The third-order valence-corrected chi connectivity index (χ3v) is 6.16. The summed E-state index contributed by atoms with van der Waals surface area (Å²) in [5.41, 5.74) is 3.26. The Morgan fingerprint density at radius 3 is 1.83 bits per heavy atom. The first-order valence-electron chi connectivity index (χ1n) is 9.91. The standard InChI is InChI=1S/C20H23N.C4H4O4/c1-21-19-12-13-20(18-14-17(18)19,15-8-4-2-5-9-15)16-10-6-3-7-11-16;5-3(6)1-2-4(7)8/h2-11,17-19,21H,12-14H2,1H3;1-2H,(H,5,6)(H,7,8)/b;2-1-. The van der Waals surface area contributed by atoms with Crippen molar-refractivity contribution >= 4 is 11.9 Å². The molecule has 0 bridgehead atoms. The summed E-state index contributed by atoms with van der Waals surface area (Å²) in [6.07, 6.45) is 5.02. The van der Waals surface area contributed by atoms with Crippen molar-refractivity contribution in [3.63, 3.8) is 0 Å². The number of carboxylic acid groups (broad SMARTS) is 2. The van der Waals surface area contributed by atoms with Gasteiger partial charge in [-0.15, -0.1) is 0 Å². The number of benzene rings is 2. The van der Waals surface area contributed by atoms with E-state index in [9.17, 15) is 9.59 Å². The molecule has 3 unspecified atom stereocenters. The Morgan fingerprint density at radius 2 is 1.41 bits per heavy atom. The van der Waals surface area contributed by atoms with Gasteiger partial charge in [-0.25, -0.2) is 9.59 Å². The van der Waals surface area contributed by atoms with Crippen LogP contribution in [0.1, 0.15) is 30.4 Å². The van der Waals surface area contributed by atoms with E-state index in [1.807, 2.05) is 0 Å². The van der Waals surface area contributed by atoms with Crippen molar-refractivity contribution in [3.8, 4) is 0 Å². The van der Waals surface area contributed by atoms with E-state index in [4.69, 9.17) is 10.2 Å². The van der Waals surface area contributed by atoms with E-state index in [1.165, 1.54) is 30.4 Å². The van der Waals surface area contributed by atoms with E-state index in [-0.39, 0.29) is 5.41 Å². The van der Waals surface area contributed by atoms with Crippen molar-refractivity contribution in [3.05, 3.63) is 83.9 Å². The van der Waals surface area contributed by atoms with E-state index in [2.05, 4.69) is 73.0 Å². The molecule has 2 aromatic carbocycles. The van der Waals surface area contributed by atoms with E-state index < -0.39 is 11.9 Å². The molecular formula is C24H27NO4. The summed E-state index contributed by atoms with van der Waals surface area (Å²) in [6, 6.07) is 23.1. The molecule has 5 heteroatoms. The molecule has 2 fully saturated rings. The van der Waals surface area contributed by atoms with Gasteiger partial charge in [0.05, 0.1) is 0 Å². The van der Waals surface area contributed by atoms with Crippen LogP contribution in [0.3, 0.4) is 0 Å². The summed E-state index contributed by atoms with van der Waals surface area (Å²) >= 11 is 0. The molecule has 29 heavy (non-hydrogen) atoms. The fraction of sp³-hybridized carbons (Fsp3) is 0.333. The second-order valence-electron chi connectivity index (χ2n) is 7.65. The minimum absolute atomic E-state index is 0.237. The molecule has 152 valence electrons. The minimum Gasteiger partial charge on any atom is -0.478 e. The van der Waals surface area contributed by atoms with E-state index >= 15 is 0 Å². The number of rotatable bonds is 5. The maximum absolute atomic E-state index is 9.55. The largest absolute Gasteiger partial charge is 0.478 e. The first-order valence-corrected chi connectivity index (χ1v) is 9.91. The maximum atomic E-state index is 9.55. The third kappa shape index (κ3) is 4.57. The van der Waals surface area contributed by atoms with E-state index in [0.717, 1.165) is 17.9 Å². The van der Waals surface area contributed by atoms with Crippen molar-refractivity contribution < 1.29 is 19.8 Å². The second kappa shape index (κ2) is 9.05. The number of aliphatic carboxylic acids is 2. The Hall–Kier alpha value is -2.92. The molecule has 0 saturated heterocycles. The summed E-state index contributed by atoms with van der Waals surface area (Å²) in [5, 5.41) is 19.2. The molecule has 2 aliphatic rings. The van der Waals surface area contributed by atoms with Crippen molar-refractivity contribution in [2.24, 2.45) is 11.8 Å². The van der Waals surface area contributed by atoms with Crippen molar-refractivity contribution in [1.82, 2.24) is 5.32 Å². The molecule has 0 heterocycles. The van der Waals surface area contributed by atoms with Gasteiger partial charge in [-0.3, -0.25) is 0 Å². The van der Waals surface area contributed by atoms with Gasteiger partial charge in [0, 0.05) is 23.6 Å². The highest BCUT2D eigenvalue weighted by Crippen LogP contribution is 2.62. The van der Waals surface area contributed by atoms with Crippen LogP contribution in [-0.4, -0.2) is 35.2 Å². The summed E-state index contributed by atoms with van der Waals surface area (Å²) in [6.45, 7) is 0. The van der Waals surface area contributed by atoms with Gasteiger partial charge in [0.15, 0.2) is 0 Å². The molecule has 0 radical (unpaired) electrons. The molecule has 5 nitrogen and oxygen atoms in total. The van der Waals surface area contributed by atoms with Crippen LogP contribution in [0.15, 0.2) is 72.8 Å². The SMILES string of the molecule is CNC1CCC(c2ccccc2)(c2ccccc2)C2CC12.O=C(O)/C=C\C(=O)O. The Morgan fingerprint density at radius 1 is 0.931 bits per heavy atom. The topological polar surface area (TPSA) is 86.6 Å². The Kier molecular flexibility index (Phi) is 6.49. The maximum Gasteiger partial charge on any atom is 0.328 e. The molecule has 0 amide bonds. The normalized spacial score (nSPS) is 24.1. The van der Waals surface area contributed by atoms with E-state index in [0.29, 0.717) is 12.2 Å².